The third kappa shape index (κ3) is 4.46. The Morgan fingerprint density at radius 2 is 1.85 bits per heavy atom. The summed E-state index contributed by atoms with van der Waals surface area (Å²) in [7, 11) is 0. The standard InChI is InChI=1S/C12H15I/c1-2-3-4-5-6-11-7-9-12(13)10-8-11/h3-4,7-10H,2,5-6H2,1H3/b4-3+. The molecule has 0 atom stereocenters. The first kappa shape index (κ1) is 10.8. The highest BCUT2D eigenvalue weighted by atomic mass is 127. The fourth-order valence-corrected chi connectivity index (χ4v) is 1.55. The summed E-state index contributed by atoms with van der Waals surface area (Å²) in [6.07, 6.45) is 7.96. The minimum absolute atomic E-state index is 1.15. The molecule has 0 amide bonds. The molecule has 0 aromatic heterocycles. The van der Waals surface area contributed by atoms with E-state index in [2.05, 4.69) is 65.9 Å². The van der Waals surface area contributed by atoms with Gasteiger partial charge in [0, 0.05) is 3.57 Å². The third-order valence-electron chi connectivity index (χ3n) is 1.92. The number of hydrogen-bond acceptors (Lipinski definition) is 0. The van der Waals surface area contributed by atoms with Crippen LogP contribution in [0.4, 0.5) is 0 Å². The van der Waals surface area contributed by atoms with Crippen LogP contribution in [0.2, 0.25) is 0 Å². The van der Waals surface area contributed by atoms with E-state index in [1.54, 1.807) is 0 Å². The van der Waals surface area contributed by atoms with Gasteiger partial charge in [0.15, 0.2) is 0 Å². The molecule has 0 aliphatic heterocycles. The Labute approximate surface area is 94.2 Å². The smallest absolute Gasteiger partial charge is 0.0130 e. The maximum absolute atomic E-state index is 2.33. The summed E-state index contributed by atoms with van der Waals surface area (Å²) in [5.74, 6) is 0. The van der Waals surface area contributed by atoms with E-state index in [1.165, 1.54) is 9.13 Å². The molecule has 0 aliphatic carbocycles. The monoisotopic (exact) mass is 286 g/mol. The van der Waals surface area contributed by atoms with E-state index >= 15 is 0 Å². The highest BCUT2D eigenvalue weighted by Gasteiger charge is 1.90. The van der Waals surface area contributed by atoms with Crippen LogP contribution in [0.15, 0.2) is 36.4 Å². The van der Waals surface area contributed by atoms with Crippen molar-refractivity contribution in [3.8, 4) is 0 Å². The van der Waals surface area contributed by atoms with E-state index in [0.717, 1.165) is 19.3 Å². The molecule has 0 fully saturated rings. The number of benzene rings is 1. The van der Waals surface area contributed by atoms with E-state index in [-0.39, 0.29) is 0 Å². The van der Waals surface area contributed by atoms with E-state index in [0.29, 0.717) is 0 Å². The molecule has 70 valence electrons. The van der Waals surface area contributed by atoms with E-state index in [9.17, 15) is 0 Å². The lowest BCUT2D eigenvalue weighted by molar-refractivity contribution is 0.991. The Bertz CT molecular complexity index is 259. The molecule has 0 bridgehead atoms. The maximum Gasteiger partial charge on any atom is 0.0130 e. The lowest BCUT2D eigenvalue weighted by Gasteiger charge is -1.97. The molecule has 0 radical (unpaired) electrons. The molecule has 0 aliphatic rings. The first-order chi connectivity index (χ1) is 6.33. The van der Waals surface area contributed by atoms with Crippen molar-refractivity contribution in [1.82, 2.24) is 0 Å². The van der Waals surface area contributed by atoms with Gasteiger partial charge in [0.2, 0.25) is 0 Å². The Balaban J connectivity index is 2.37. The fraction of sp³-hybridized carbons (Fsp3) is 0.333. The highest BCUT2D eigenvalue weighted by Crippen LogP contribution is 2.08. The van der Waals surface area contributed by atoms with E-state index in [1.807, 2.05) is 0 Å². The molecular weight excluding hydrogens is 271 g/mol. The minimum Gasteiger partial charge on any atom is -0.0888 e. The van der Waals surface area contributed by atoms with Crippen LogP contribution < -0.4 is 0 Å². The zero-order chi connectivity index (χ0) is 9.52. The first-order valence-electron chi connectivity index (χ1n) is 4.72. The van der Waals surface area contributed by atoms with Gasteiger partial charge in [-0.15, -0.1) is 0 Å². The van der Waals surface area contributed by atoms with Crippen molar-refractivity contribution in [3.63, 3.8) is 0 Å². The molecule has 0 heterocycles. The number of rotatable bonds is 4. The molecule has 1 heteroatoms. The molecule has 1 aromatic carbocycles. The summed E-state index contributed by atoms with van der Waals surface area (Å²) in [4.78, 5) is 0. The lowest BCUT2D eigenvalue weighted by atomic mass is 10.1. The van der Waals surface area contributed by atoms with Gasteiger partial charge < -0.3 is 0 Å². The molecule has 1 aromatic rings. The number of allylic oxidation sites excluding steroid dienone is 2. The Morgan fingerprint density at radius 1 is 1.15 bits per heavy atom. The minimum atomic E-state index is 1.15. The van der Waals surface area contributed by atoms with Gasteiger partial charge in [-0.1, -0.05) is 31.2 Å². The second-order valence-electron chi connectivity index (χ2n) is 3.04. The predicted octanol–water partition coefficient (Wildman–Crippen LogP) is 4.19. The molecule has 0 saturated carbocycles. The Morgan fingerprint density at radius 3 is 2.46 bits per heavy atom. The molecule has 1 rings (SSSR count). The lowest BCUT2D eigenvalue weighted by Crippen LogP contribution is -1.82. The number of halogens is 1. The summed E-state index contributed by atoms with van der Waals surface area (Å²) >= 11 is 2.33. The van der Waals surface area contributed by atoms with E-state index in [4.69, 9.17) is 0 Å². The normalized spacial score (nSPS) is 10.9. The number of aryl methyl sites for hydroxylation is 1. The summed E-state index contributed by atoms with van der Waals surface area (Å²) in [6.45, 7) is 2.17. The predicted molar refractivity (Wildman–Crippen MR) is 66.9 cm³/mol. The van der Waals surface area contributed by atoms with Gasteiger partial charge in [-0.05, 0) is 59.5 Å². The quantitative estimate of drug-likeness (QED) is 0.575. The zero-order valence-corrected chi connectivity index (χ0v) is 10.1. The summed E-state index contributed by atoms with van der Waals surface area (Å²) in [5, 5.41) is 0. The molecular formula is C12H15I. The van der Waals surface area contributed by atoms with Crippen molar-refractivity contribution in [1.29, 1.82) is 0 Å². The molecule has 0 unspecified atom stereocenters. The summed E-state index contributed by atoms with van der Waals surface area (Å²) in [6, 6.07) is 8.75. The van der Waals surface area contributed by atoms with Crippen molar-refractivity contribution in [2.45, 2.75) is 26.2 Å². The first-order valence-corrected chi connectivity index (χ1v) is 5.80. The second-order valence-corrected chi connectivity index (χ2v) is 4.29. The van der Waals surface area contributed by atoms with Gasteiger partial charge >= 0.3 is 0 Å². The van der Waals surface area contributed by atoms with Crippen LogP contribution in [0.1, 0.15) is 25.3 Å². The second kappa shape index (κ2) is 6.19. The van der Waals surface area contributed by atoms with Crippen molar-refractivity contribution < 1.29 is 0 Å². The third-order valence-corrected chi connectivity index (χ3v) is 2.63. The largest absolute Gasteiger partial charge is 0.0888 e. The number of hydrogen-bond donors (Lipinski definition) is 0. The maximum atomic E-state index is 2.33. The van der Waals surface area contributed by atoms with Gasteiger partial charge in [0.05, 0.1) is 0 Å². The molecule has 0 N–H and O–H groups in total. The highest BCUT2D eigenvalue weighted by molar-refractivity contribution is 14.1. The molecule has 0 spiro atoms. The van der Waals surface area contributed by atoms with Crippen molar-refractivity contribution in [3.05, 3.63) is 45.6 Å². The van der Waals surface area contributed by atoms with Crippen LogP contribution in [0, 0.1) is 3.57 Å². The molecule has 0 nitrogen and oxygen atoms in total. The van der Waals surface area contributed by atoms with Crippen LogP contribution in [0.5, 0.6) is 0 Å². The van der Waals surface area contributed by atoms with Gasteiger partial charge in [-0.2, -0.15) is 0 Å². The Kier molecular flexibility index (Phi) is 5.13. The van der Waals surface area contributed by atoms with E-state index < -0.39 is 0 Å². The van der Waals surface area contributed by atoms with Gasteiger partial charge in [0.1, 0.15) is 0 Å². The van der Waals surface area contributed by atoms with Gasteiger partial charge in [0.25, 0.3) is 0 Å². The topological polar surface area (TPSA) is 0 Å². The zero-order valence-electron chi connectivity index (χ0n) is 7.96. The van der Waals surface area contributed by atoms with Crippen LogP contribution in [0.3, 0.4) is 0 Å². The SMILES string of the molecule is CC/C=C/CCc1ccc(I)cc1. The van der Waals surface area contributed by atoms with Crippen LogP contribution in [0.25, 0.3) is 0 Å². The Hall–Kier alpha value is -0.310. The molecule has 13 heavy (non-hydrogen) atoms. The van der Waals surface area contributed by atoms with Crippen molar-refractivity contribution in [2.24, 2.45) is 0 Å². The summed E-state index contributed by atoms with van der Waals surface area (Å²) in [5.41, 5.74) is 1.43. The van der Waals surface area contributed by atoms with Gasteiger partial charge in [-0.25, -0.2) is 0 Å². The fourth-order valence-electron chi connectivity index (χ4n) is 1.19. The summed E-state index contributed by atoms with van der Waals surface area (Å²) < 4.78 is 1.31. The van der Waals surface area contributed by atoms with Crippen LogP contribution in [-0.4, -0.2) is 0 Å². The van der Waals surface area contributed by atoms with Crippen LogP contribution >= 0.6 is 22.6 Å². The van der Waals surface area contributed by atoms with Crippen molar-refractivity contribution in [2.75, 3.05) is 0 Å². The molecule has 0 saturated heterocycles. The average molecular weight is 286 g/mol. The average Bonchev–Trinajstić information content (AvgIpc) is 2.15. The van der Waals surface area contributed by atoms with Gasteiger partial charge in [-0.3, -0.25) is 0 Å². The van der Waals surface area contributed by atoms with Crippen LogP contribution in [-0.2, 0) is 6.42 Å². The van der Waals surface area contributed by atoms with Crippen molar-refractivity contribution >= 4 is 22.6 Å².